The van der Waals surface area contributed by atoms with Crippen molar-refractivity contribution in [2.45, 2.75) is 12.5 Å². The quantitative estimate of drug-likeness (QED) is 0.830. The van der Waals surface area contributed by atoms with Crippen LogP contribution in [-0.2, 0) is 7.05 Å². The predicted octanol–water partition coefficient (Wildman–Crippen LogP) is 1.70. The second kappa shape index (κ2) is 4.23. The molecule has 0 saturated heterocycles. The molecule has 1 unspecified atom stereocenters. The average Bonchev–Trinajstić information content (AvgIpc) is 2.57. The molecule has 0 spiro atoms. The maximum atomic E-state index is 13.1. The van der Waals surface area contributed by atoms with Crippen molar-refractivity contribution in [1.29, 1.82) is 0 Å². The van der Waals surface area contributed by atoms with Crippen LogP contribution < -0.4 is 5.73 Å². The molecule has 3 N–H and O–H groups in total. The molecule has 16 heavy (non-hydrogen) atoms. The smallest absolute Gasteiger partial charge is 0.125 e. The number of rotatable bonds is 3. The Morgan fingerprint density at radius 2 is 2.19 bits per heavy atom. The van der Waals surface area contributed by atoms with Gasteiger partial charge in [-0.15, -0.1) is 0 Å². The van der Waals surface area contributed by atoms with Crippen LogP contribution in [0.15, 0.2) is 24.3 Å². The van der Waals surface area contributed by atoms with Gasteiger partial charge in [0.15, 0.2) is 0 Å². The van der Waals surface area contributed by atoms with Crippen LogP contribution in [0.5, 0.6) is 0 Å². The maximum Gasteiger partial charge on any atom is 0.125 e. The summed E-state index contributed by atoms with van der Waals surface area (Å²) in [5.74, 6) is -0.270. The summed E-state index contributed by atoms with van der Waals surface area (Å²) < 4.78 is 14.9. The molecule has 86 valence electrons. The summed E-state index contributed by atoms with van der Waals surface area (Å²) in [4.78, 5) is 0. The standard InChI is InChI=1S/C12H15FN2O/c1-15-10-7-9(13)3-2-8(10)6-11(15)12(16)4-5-14/h2-3,6-7,12,16H,4-5,14H2,1H3. The van der Waals surface area contributed by atoms with Gasteiger partial charge in [-0.05, 0) is 37.2 Å². The molecule has 3 nitrogen and oxygen atoms in total. The number of nitrogens with two attached hydrogens (primary N) is 1. The van der Waals surface area contributed by atoms with Crippen molar-refractivity contribution in [2.75, 3.05) is 6.54 Å². The van der Waals surface area contributed by atoms with Crippen LogP contribution in [-0.4, -0.2) is 16.2 Å². The molecule has 0 radical (unpaired) electrons. The number of nitrogens with zero attached hydrogens (tertiary/aromatic N) is 1. The molecule has 0 aliphatic heterocycles. The number of aryl methyl sites for hydroxylation is 1. The van der Waals surface area contributed by atoms with Gasteiger partial charge in [0.05, 0.1) is 11.6 Å². The molecule has 2 aromatic rings. The average molecular weight is 222 g/mol. The van der Waals surface area contributed by atoms with E-state index in [1.54, 1.807) is 10.6 Å². The molecule has 0 amide bonds. The molecule has 2 rings (SSSR count). The van der Waals surface area contributed by atoms with E-state index in [2.05, 4.69) is 0 Å². The molecule has 4 heteroatoms. The van der Waals surface area contributed by atoms with Gasteiger partial charge in [0.25, 0.3) is 0 Å². The predicted molar refractivity (Wildman–Crippen MR) is 61.5 cm³/mol. The third-order valence-corrected chi connectivity index (χ3v) is 2.83. The Balaban J connectivity index is 2.51. The Kier molecular flexibility index (Phi) is 2.94. The van der Waals surface area contributed by atoms with Crippen LogP contribution in [0.3, 0.4) is 0 Å². The third-order valence-electron chi connectivity index (χ3n) is 2.83. The van der Waals surface area contributed by atoms with E-state index in [4.69, 9.17) is 5.73 Å². The lowest BCUT2D eigenvalue weighted by Crippen LogP contribution is -2.09. The lowest BCUT2D eigenvalue weighted by molar-refractivity contribution is 0.162. The molecule has 0 fully saturated rings. The third kappa shape index (κ3) is 1.81. The summed E-state index contributed by atoms with van der Waals surface area (Å²) in [5.41, 5.74) is 6.96. The van der Waals surface area contributed by atoms with Crippen molar-refractivity contribution in [3.8, 4) is 0 Å². The van der Waals surface area contributed by atoms with Crippen molar-refractivity contribution in [3.05, 3.63) is 35.8 Å². The minimum atomic E-state index is -0.592. The Morgan fingerprint density at radius 1 is 1.44 bits per heavy atom. The molecule has 1 aromatic heterocycles. The van der Waals surface area contributed by atoms with Gasteiger partial charge in [-0.25, -0.2) is 4.39 Å². The molecule has 0 saturated carbocycles. The number of aliphatic hydroxyl groups excluding tert-OH is 1. The van der Waals surface area contributed by atoms with E-state index < -0.39 is 6.10 Å². The number of fused-ring (bicyclic) bond motifs is 1. The monoisotopic (exact) mass is 222 g/mol. The fourth-order valence-electron chi connectivity index (χ4n) is 1.95. The van der Waals surface area contributed by atoms with Gasteiger partial charge < -0.3 is 15.4 Å². The van der Waals surface area contributed by atoms with Crippen molar-refractivity contribution in [1.82, 2.24) is 4.57 Å². The normalized spacial score (nSPS) is 13.2. The second-order valence-electron chi connectivity index (χ2n) is 3.92. The largest absolute Gasteiger partial charge is 0.387 e. The number of aliphatic hydroxyl groups is 1. The van der Waals surface area contributed by atoms with Crippen LogP contribution in [0, 0.1) is 5.82 Å². The van der Waals surface area contributed by atoms with Crippen molar-refractivity contribution in [3.63, 3.8) is 0 Å². The van der Waals surface area contributed by atoms with E-state index in [1.165, 1.54) is 12.1 Å². The van der Waals surface area contributed by atoms with Crippen molar-refractivity contribution >= 4 is 10.9 Å². The van der Waals surface area contributed by atoms with Gasteiger partial charge in [0.2, 0.25) is 0 Å². The van der Waals surface area contributed by atoms with Crippen molar-refractivity contribution in [2.24, 2.45) is 12.8 Å². The number of aromatic nitrogens is 1. The first-order valence-corrected chi connectivity index (χ1v) is 5.26. The van der Waals surface area contributed by atoms with E-state index in [0.717, 1.165) is 16.6 Å². The first-order valence-electron chi connectivity index (χ1n) is 5.26. The molecule has 1 heterocycles. The lowest BCUT2D eigenvalue weighted by atomic mass is 10.2. The Labute approximate surface area is 93.3 Å². The van der Waals surface area contributed by atoms with Crippen LogP contribution >= 0.6 is 0 Å². The highest BCUT2D eigenvalue weighted by Gasteiger charge is 2.13. The van der Waals surface area contributed by atoms with Crippen LogP contribution in [0.25, 0.3) is 10.9 Å². The van der Waals surface area contributed by atoms with Crippen molar-refractivity contribution < 1.29 is 9.50 Å². The number of halogens is 1. The van der Waals surface area contributed by atoms with Crippen LogP contribution in [0.2, 0.25) is 0 Å². The number of hydrogen-bond acceptors (Lipinski definition) is 2. The summed E-state index contributed by atoms with van der Waals surface area (Å²) in [5, 5.41) is 10.8. The first kappa shape index (κ1) is 11.1. The molecule has 1 atom stereocenters. The summed E-state index contributed by atoms with van der Waals surface area (Å²) in [6.07, 6.45) is -0.0856. The maximum absolute atomic E-state index is 13.1. The van der Waals surface area contributed by atoms with Gasteiger partial charge in [0, 0.05) is 18.1 Å². The van der Waals surface area contributed by atoms with E-state index >= 15 is 0 Å². The zero-order chi connectivity index (χ0) is 11.7. The van der Waals surface area contributed by atoms with Crippen LogP contribution in [0.4, 0.5) is 4.39 Å². The van der Waals surface area contributed by atoms with Gasteiger partial charge in [-0.1, -0.05) is 0 Å². The molecule has 0 bridgehead atoms. The van der Waals surface area contributed by atoms with Gasteiger partial charge >= 0.3 is 0 Å². The second-order valence-corrected chi connectivity index (χ2v) is 3.92. The highest BCUT2D eigenvalue weighted by Crippen LogP contribution is 2.25. The topological polar surface area (TPSA) is 51.2 Å². The van der Waals surface area contributed by atoms with E-state index in [1.807, 2.05) is 13.1 Å². The highest BCUT2D eigenvalue weighted by atomic mass is 19.1. The van der Waals surface area contributed by atoms with E-state index in [9.17, 15) is 9.50 Å². The van der Waals surface area contributed by atoms with Gasteiger partial charge in [0.1, 0.15) is 5.82 Å². The van der Waals surface area contributed by atoms with Gasteiger partial charge in [-0.3, -0.25) is 0 Å². The zero-order valence-corrected chi connectivity index (χ0v) is 9.15. The molecular weight excluding hydrogens is 207 g/mol. The Hall–Kier alpha value is -1.39. The summed E-state index contributed by atoms with van der Waals surface area (Å²) in [6, 6.07) is 6.47. The SMILES string of the molecule is Cn1c(C(O)CCN)cc2ccc(F)cc21. The molecule has 0 aliphatic carbocycles. The highest BCUT2D eigenvalue weighted by molar-refractivity contribution is 5.81. The minimum absolute atomic E-state index is 0.270. The van der Waals surface area contributed by atoms with E-state index in [0.29, 0.717) is 13.0 Å². The molecule has 0 aliphatic rings. The summed E-state index contributed by atoms with van der Waals surface area (Å²) in [7, 11) is 1.82. The molecular formula is C12H15FN2O. The van der Waals surface area contributed by atoms with Gasteiger partial charge in [-0.2, -0.15) is 0 Å². The summed E-state index contributed by atoms with van der Waals surface area (Å²) in [6.45, 7) is 0.428. The number of hydrogen-bond donors (Lipinski definition) is 2. The lowest BCUT2D eigenvalue weighted by Gasteiger charge is -2.10. The fourth-order valence-corrected chi connectivity index (χ4v) is 1.95. The zero-order valence-electron chi connectivity index (χ0n) is 9.15. The molecule has 1 aromatic carbocycles. The summed E-state index contributed by atoms with van der Waals surface area (Å²) >= 11 is 0. The van der Waals surface area contributed by atoms with Crippen LogP contribution in [0.1, 0.15) is 18.2 Å². The first-order chi connectivity index (χ1) is 7.63. The minimum Gasteiger partial charge on any atom is -0.387 e. The Bertz CT molecular complexity index is 507. The number of benzene rings is 1. The Morgan fingerprint density at radius 3 is 2.88 bits per heavy atom. The fraction of sp³-hybridized carbons (Fsp3) is 0.333. The van der Waals surface area contributed by atoms with E-state index in [-0.39, 0.29) is 5.82 Å².